The first-order valence-corrected chi connectivity index (χ1v) is 19.3. The third-order valence-electron chi connectivity index (χ3n) is 8.97. The maximum Gasteiger partial charge on any atom is 0.341 e. The Hall–Kier alpha value is -4.34. The van der Waals surface area contributed by atoms with E-state index < -0.39 is 88.7 Å². The van der Waals surface area contributed by atoms with Gasteiger partial charge in [0.15, 0.2) is 0 Å². The van der Waals surface area contributed by atoms with Crippen LogP contribution in [0.25, 0.3) is 0 Å². The number of nitrogens with two attached hydrogens (primary N) is 1. The van der Waals surface area contributed by atoms with Gasteiger partial charge in [0.25, 0.3) is 5.92 Å². The number of hydrogen-bond acceptors (Lipinski definition) is 9. The SMILES string of the molecule is NC1CCc2c(Oc3cc(F)cc(F)c3)ccc(S(=O)(=O)C(F)F)c21.O=S(=O)(c1ccc(Oc2cc(F)cc(F)c2)c2c1C(O)C(F)(F)C2)N1CCOCC1. The first-order valence-electron chi connectivity index (χ1n) is 16.3. The molecule has 2 unspecified atom stereocenters. The van der Waals surface area contributed by atoms with Gasteiger partial charge in [-0.1, -0.05) is 0 Å². The van der Waals surface area contributed by atoms with Crippen molar-refractivity contribution < 1.29 is 71.3 Å². The van der Waals surface area contributed by atoms with E-state index in [0.717, 1.165) is 46.8 Å². The van der Waals surface area contributed by atoms with Crippen molar-refractivity contribution in [2.45, 2.75) is 52.9 Å². The van der Waals surface area contributed by atoms with E-state index in [2.05, 4.69) is 0 Å². The second-order valence-corrected chi connectivity index (χ2v) is 16.4. The zero-order valence-electron chi connectivity index (χ0n) is 28.1. The number of fused-ring (bicyclic) bond motifs is 2. The highest BCUT2D eigenvalue weighted by Crippen LogP contribution is 2.50. The molecule has 4 aromatic carbocycles. The molecular weight excluding hydrogens is 793 g/mol. The average Bonchev–Trinajstić information content (AvgIpc) is 3.60. The van der Waals surface area contributed by atoms with Crippen LogP contribution in [0.4, 0.5) is 35.1 Å². The molecule has 0 saturated carbocycles. The van der Waals surface area contributed by atoms with Gasteiger partial charge in [-0.15, -0.1) is 0 Å². The Balaban J connectivity index is 0.000000190. The summed E-state index contributed by atoms with van der Waals surface area (Å²) in [7, 11) is -9.02. The van der Waals surface area contributed by atoms with Gasteiger partial charge in [0.1, 0.15) is 52.4 Å². The zero-order valence-corrected chi connectivity index (χ0v) is 29.8. The molecule has 0 radical (unpaired) electrons. The van der Waals surface area contributed by atoms with Crippen LogP contribution in [0.3, 0.4) is 0 Å². The minimum atomic E-state index is -4.83. The van der Waals surface area contributed by atoms with Gasteiger partial charge in [0.2, 0.25) is 19.9 Å². The molecule has 0 aromatic heterocycles. The minimum absolute atomic E-state index is 0.0460. The molecule has 3 aliphatic rings. The lowest BCUT2D eigenvalue weighted by Gasteiger charge is -2.27. The first kappa shape index (κ1) is 40.3. The van der Waals surface area contributed by atoms with Crippen LogP contribution in [-0.2, 0) is 37.4 Å². The summed E-state index contributed by atoms with van der Waals surface area (Å²) in [6.45, 7) is 0.410. The Morgan fingerprint density at radius 3 is 1.76 bits per heavy atom. The molecule has 296 valence electrons. The normalized spacial score (nSPS) is 19.4. The molecular formula is C35H30F8N2O8S2. The Kier molecular flexibility index (Phi) is 11.2. The van der Waals surface area contributed by atoms with Gasteiger partial charge in [0.05, 0.1) is 23.0 Å². The number of benzene rings is 4. The van der Waals surface area contributed by atoms with E-state index in [1.54, 1.807) is 0 Å². The van der Waals surface area contributed by atoms with Crippen molar-refractivity contribution in [2.24, 2.45) is 5.73 Å². The third kappa shape index (κ3) is 8.15. The number of nitrogens with zero attached hydrogens (tertiary/aromatic N) is 1. The largest absolute Gasteiger partial charge is 0.457 e. The lowest BCUT2D eigenvalue weighted by atomic mass is 10.1. The van der Waals surface area contributed by atoms with E-state index in [4.69, 9.17) is 19.9 Å². The van der Waals surface area contributed by atoms with E-state index in [9.17, 15) is 57.1 Å². The fourth-order valence-corrected chi connectivity index (χ4v) is 9.19. The molecule has 0 amide bonds. The van der Waals surface area contributed by atoms with Gasteiger partial charge >= 0.3 is 5.76 Å². The molecule has 0 spiro atoms. The Morgan fingerprint density at radius 2 is 1.25 bits per heavy atom. The minimum Gasteiger partial charge on any atom is -0.457 e. The highest BCUT2D eigenvalue weighted by Gasteiger charge is 2.51. The maximum atomic E-state index is 14.3. The summed E-state index contributed by atoms with van der Waals surface area (Å²) in [5.74, 6) is -11.3. The van der Waals surface area contributed by atoms with Gasteiger partial charge in [-0.2, -0.15) is 13.1 Å². The van der Waals surface area contributed by atoms with Crippen LogP contribution in [0.15, 0.2) is 70.5 Å². The number of ether oxygens (including phenoxy) is 3. The summed E-state index contributed by atoms with van der Waals surface area (Å²) in [6.07, 6.45) is -2.70. The first-order chi connectivity index (χ1) is 25.8. The predicted octanol–water partition coefficient (Wildman–Crippen LogP) is 6.70. The van der Waals surface area contributed by atoms with Crippen LogP contribution in [0, 0.1) is 23.3 Å². The van der Waals surface area contributed by atoms with E-state index >= 15 is 0 Å². The number of aliphatic hydroxyl groups excluding tert-OH is 1. The van der Waals surface area contributed by atoms with Gasteiger partial charge < -0.3 is 25.1 Å². The lowest BCUT2D eigenvalue weighted by Crippen LogP contribution is -2.41. The number of hydrogen-bond donors (Lipinski definition) is 2. The fraction of sp³-hybridized carbons (Fsp3) is 0.314. The van der Waals surface area contributed by atoms with Crippen LogP contribution >= 0.6 is 0 Å². The Bertz CT molecular complexity index is 2300. The van der Waals surface area contributed by atoms with Crippen LogP contribution in [0.1, 0.15) is 40.8 Å². The van der Waals surface area contributed by atoms with Crippen molar-refractivity contribution in [3.63, 3.8) is 0 Å². The Morgan fingerprint density at radius 1 is 0.764 bits per heavy atom. The number of halogens is 8. The highest BCUT2D eigenvalue weighted by atomic mass is 32.2. The topological polar surface area (TPSA) is 145 Å². The number of rotatable bonds is 8. The van der Waals surface area contributed by atoms with E-state index in [-0.39, 0.29) is 60.4 Å². The molecule has 1 saturated heterocycles. The van der Waals surface area contributed by atoms with Gasteiger partial charge in [-0.25, -0.2) is 43.2 Å². The number of morpholine rings is 1. The molecule has 0 bridgehead atoms. The molecule has 2 atom stereocenters. The lowest BCUT2D eigenvalue weighted by molar-refractivity contribution is -0.0976. The molecule has 3 N–H and O–H groups in total. The summed E-state index contributed by atoms with van der Waals surface area (Å²) < 4.78 is 175. The third-order valence-corrected chi connectivity index (χ3v) is 12.4. The standard InChI is InChI=1S/C19H17F4NO5S.C16H13F4NO3S/c20-11-7-12(21)9-13(8-11)29-15-1-2-16(17-14(15)10-19(22,23)18(17)25)30(26,27)24-3-5-28-6-4-24;17-8-5-9(18)7-10(6-8)24-13-3-4-14(25(22,23)16(19)20)15-11(13)1-2-12(15)21/h1-2,7-9,18,25H,3-6,10H2;3-7,12,16H,1-2,21H2. The van der Waals surface area contributed by atoms with Gasteiger partial charge in [-0.3, -0.25) is 0 Å². The monoisotopic (exact) mass is 822 g/mol. The zero-order chi connectivity index (χ0) is 40.0. The van der Waals surface area contributed by atoms with Crippen molar-refractivity contribution in [1.82, 2.24) is 4.31 Å². The van der Waals surface area contributed by atoms with Crippen molar-refractivity contribution in [1.29, 1.82) is 0 Å². The van der Waals surface area contributed by atoms with E-state index in [1.807, 2.05) is 0 Å². The molecule has 10 nitrogen and oxygen atoms in total. The van der Waals surface area contributed by atoms with Gasteiger partial charge in [0, 0.05) is 78.6 Å². The Labute approximate surface area is 309 Å². The van der Waals surface area contributed by atoms with Crippen molar-refractivity contribution in [3.8, 4) is 23.0 Å². The number of sulfonamides is 1. The summed E-state index contributed by atoms with van der Waals surface area (Å²) in [6, 6.07) is 8.54. The molecule has 7 rings (SSSR count). The number of alkyl halides is 4. The molecule has 1 fully saturated rings. The van der Waals surface area contributed by atoms with E-state index in [1.165, 1.54) is 6.07 Å². The van der Waals surface area contributed by atoms with Crippen molar-refractivity contribution in [3.05, 3.63) is 106 Å². The smallest absolute Gasteiger partial charge is 0.341 e. The second-order valence-electron chi connectivity index (χ2n) is 12.6. The van der Waals surface area contributed by atoms with Crippen LogP contribution in [0.2, 0.25) is 0 Å². The van der Waals surface area contributed by atoms with E-state index in [0.29, 0.717) is 30.5 Å². The second kappa shape index (κ2) is 15.3. The maximum absolute atomic E-state index is 14.3. The molecule has 55 heavy (non-hydrogen) atoms. The number of sulfone groups is 1. The average molecular weight is 823 g/mol. The number of aliphatic hydroxyl groups is 1. The highest BCUT2D eigenvalue weighted by molar-refractivity contribution is 7.91. The van der Waals surface area contributed by atoms with Crippen molar-refractivity contribution in [2.75, 3.05) is 26.3 Å². The van der Waals surface area contributed by atoms with Crippen LogP contribution in [-0.4, -0.2) is 64.2 Å². The summed E-state index contributed by atoms with van der Waals surface area (Å²) in [5.41, 5.74) is 5.58. The molecule has 1 heterocycles. The van der Waals surface area contributed by atoms with Crippen LogP contribution < -0.4 is 15.2 Å². The molecule has 1 aliphatic heterocycles. The summed E-state index contributed by atoms with van der Waals surface area (Å²) in [5, 5.41) is 10.2. The molecule has 20 heteroatoms. The van der Waals surface area contributed by atoms with Gasteiger partial charge in [-0.05, 0) is 42.7 Å². The predicted molar refractivity (Wildman–Crippen MR) is 177 cm³/mol. The quantitative estimate of drug-likeness (QED) is 0.186. The fourth-order valence-electron chi connectivity index (χ4n) is 6.50. The summed E-state index contributed by atoms with van der Waals surface area (Å²) in [4.78, 5) is -0.998. The summed E-state index contributed by atoms with van der Waals surface area (Å²) >= 11 is 0. The molecule has 2 aliphatic carbocycles. The van der Waals surface area contributed by atoms with Crippen LogP contribution in [0.5, 0.6) is 23.0 Å². The van der Waals surface area contributed by atoms with Crippen molar-refractivity contribution >= 4 is 19.9 Å². The molecule has 4 aromatic rings.